The Morgan fingerprint density at radius 3 is 2.78 bits per heavy atom. The first-order chi connectivity index (χ1) is 15.5. The van der Waals surface area contributed by atoms with Gasteiger partial charge < -0.3 is 25.0 Å². The average molecular weight is 443 g/mol. The molecule has 0 bridgehead atoms. The molecule has 0 radical (unpaired) electrons. The van der Waals surface area contributed by atoms with Crippen LogP contribution in [0.1, 0.15) is 17.7 Å². The lowest BCUT2D eigenvalue weighted by Crippen LogP contribution is -2.49. The second-order valence-electron chi connectivity index (χ2n) is 8.58. The van der Waals surface area contributed by atoms with Gasteiger partial charge in [0.25, 0.3) is 0 Å². The van der Waals surface area contributed by atoms with Crippen LogP contribution in [0.5, 0.6) is 5.75 Å². The summed E-state index contributed by atoms with van der Waals surface area (Å²) < 4.78 is 7.28. The van der Waals surface area contributed by atoms with Crippen LogP contribution in [0.3, 0.4) is 0 Å². The van der Waals surface area contributed by atoms with E-state index in [1.165, 1.54) is 0 Å². The Hall–Kier alpha value is -2.78. The van der Waals surface area contributed by atoms with Gasteiger partial charge in [-0.25, -0.2) is 4.79 Å². The molecule has 2 amide bonds. The van der Waals surface area contributed by atoms with Gasteiger partial charge in [0.15, 0.2) is 0 Å². The highest BCUT2D eigenvalue weighted by molar-refractivity contribution is 5.74. The van der Waals surface area contributed by atoms with Crippen molar-refractivity contribution in [1.82, 2.24) is 24.9 Å². The fourth-order valence-corrected chi connectivity index (χ4v) is 4.53. The number of amides is 2. The molecule has 4 rings (SSSR count). The number of benzene rings is 1. The lowest BCUT2D eigenvalue weighted by molar-refractivity contribution is 0.102. The van der Waals surface area contributed by atoms with Crippen LogP contribution < -0.4 is 15.0 Å². The molecular formula is C23H34N6O3. The molecule has 0 spiro atoms. The molecule has 2 aliphatic rings. The molecule has 0 saturated carbocycles. The van der Waals surface area contributed by atoms with Gasteiger partial charge in [-0.05, 0) is 18.6 Å². The number of aliphatic hydroxyl groups excluding tert-OH is 1. The Kier molecular flexibility index (Phi) is 7.16. The molecule has 1 aromatic carbocycles. The van der Waals surface area contributed by atoms with E-state index in [9.17, 15) is 9.90 Å². The lowest BCUT2D eigenvalue weighted by Gasteiger charge is -2.37. The molecule has 1 aromatic heterocycles. The SMILES string of the molecule is COc1ccccc1N1CCN(C[C@H](O)CCNC(=O)N2CCc3nn(C)cc3C2)CC1. The topological polar surface area (TPSA) is 86.1 Å². The van der Waals surface area contributed by atoms with Gasteiger partial charge in [-0.15, -0.1) is 0 Å². The van der Waals surface area contributed by atoms with E-state index in [2.05, 4.69) is 26.3 Å². The number of rotatable bonds is 7. The number of urea groups is 1. The molecule has 0 unspecified atom stereocenters. The molecule has 9 nitrogen and oxygen atoms in total. The van der Waals surface area contributed by atoms with Crippen molar-refractivity contribution >= 4 is 11.7 Å². The molecule has 174 valence electrons. The van der Waals surface area contributed by atoms with Crippen molar-refractivity contribution in [2.45, 2.75) is 25.5 Å². The van der Waals surface area contributed by atoms with Gasteiger partial charge in [0.2, 0.25) is 0 Å². The Bertz CT molecular complexity index is 909. The summed E-state index contributed by atoms with van der Waals surface area (Å²) in [6.45, 7) is 5.94. The Balaban J connectivity index is 1.15. The van der Waals surface area contributed by atoms with Crippen LogP contribution in [0.25, 0.3) is 0 Å². The third-order valence-corrected chi connectivity index (χ3v) is 6.28. The van der Waals surface area contributed by atoms with Gasteiger partial charge in [-0.3, -0.25) is 9.58 Å². The Morgan fingerprint density at radius 1 is 1.22 bits per heavy atom. The number of para-hydroxylation sites is 2. The third kappa shape index (κ3) is 5.34. The zero-order valence-corrected chi connectivity index (χ0v) is 19.0. The standard InChI is InChI=1S/C23H34N6O3/c1-26-15-18-16-29(10-8-20(18)25-26)23(31)24-9-7-19(30)17-27-11-13-28(14-12-27)21-5-3-4-6-22(21)32-2/h3-6,15,19,30H,7-14,16-17H2,1-2H3,(H,24,31)/t19-/m1/s1. The van der Waals surface area contributed by atoms with Gasteiger partial charge in [0.1, 0.15) is 5.75 Å². The number of piperazine rings is 1. The van der Waals surface area contributed by atoms with E-state index < -0.39 is 6.10 Å². The predicted octanol–water partition coefficient (Wildman–Crippen LogP) is 1.07. The first-order valence-corrected chi connectivity index (χ1v) is 11.4. The molecule has 2 aliphatic heterocycles. The van der Waals surface area contributed by atoms with Gasteiger partial charge in [0.05, 0.1) is 31.1 Å². The van der Waals surface area contributed by atoms with E-state index in [1.807, 2.05) is 36.3 Å². The highest BCUT2D eigenvalue weighted by Gasteiger charge is 2.24. The van der Waals surface area contributed by atoms with Crippen molar-refractivity contribution < 1.29 is 14.6 Å². The van der Waals surface area contributed by atoms with Crippen LogP contribution in [0.2, 0.25) is 0 Å². The van der Waals surface area contributed by atoms with Crippen molar-refractivity contribution in [3.63, 3.8) is 0 Å². The number of aryl methyl sites for hydroxylation is 1. The molecule has 2 N–H and O–H groups in total. The van der Waals surface area contributed by atoms with E-state index in [0.29, 0.717) is 32.6 Å². The minimum atomic E-state index is -0.459. The maximum absolute atomic E-state index is 12.5. The van der Waals surface area contributed by atoms with Crippen LogP contribution >= 0.6 is 0 Å². The fraction of sp³-hybridized carbons (Fsp3) is 0.565. The number of hydrogen-bond donors (Lipinski definition) is 2. The summed E-state index contributed by atoms with van der Waals surface area (Å²) in [5.41, 5.74) is 3.31. The number of fused-ring (bicyclic) bond motifs is 1. The zero-order valence-electron chi connectivity index (χ0n) is 19.0. The highest BCUT2D eigenvalue weighted by atomic mass is 16.5. The number of nitrogens with zero attached hydrogens (tertiary/aromatic N) is 5. The van der Waals surface area contributed by atoms with Crippen molar-refractivity contribution in [3.05, 3.63) is 41.7 Å². The molecule has 1 saturated heterocycles. The van der Waals surface area contributed by atoms with Crippen molar-refractivity contribution in [3.8, 4) is 5.75 Å². The fourth-order valence-electron chi connectivity index (χ4n) is 4.53. The van der Waals surface area contributed by atoms with Crippen molar-refractivity contribution in [2.24, 2.45) is 7.05 Å². The van der Waals surface area contributed by atoms with Crippen LogP contribution in [0.4, 0.5) is 10.5 Å². The minimum absolute atomic E-state index is 0.0721. The number of carbonyl (C=O) groups is 1. The minimum Gasteiger partial charge on any atom is -0.495 e. The van der Waals surface area contributed by atoms with E-state index in [4.69, 9.17) is 4.74 Å². The molecule has 32 heavy (non-hydrogen) atoms. The smallest absolute Gasteiger partial charge is 0.317 e. The second kappa shape index (κ2) is 10.2. The van der Waals surface area contributed by atoms with Gasteiger partial charge >= 0.3 is 6.03 Å². The molecule has 3 heterocycles. The molecule has 0 aliphatic carbocycles. The Labute approximate surface area is 189 Å². The zero-order chi connectivity index (χ0) is 22.5. The van der Waals surface area contributed by atoms with Crippen LogP contribution in [0.15, 0.2) is 30.5 Å². The van der Waals surface area contributed by atoms with Crippen LogP contribution in [0, 0.1) is 0 Å². The Morgan fingerprint density at radius 2 is 2.00 bits per heavy atom. The number of methoxy groups -OCH3 is 1. The lowest BCUT2D eigenvalue weighted by atomic mass is 10.1. The monoisotopic (exact) mass is 442 g/mol. The average Bonchev–Trinajstić information content (AvgIpc) is 3.18. The molecule has 1 atom stereocenters. The van der Waals surface area contributed by atoms with E-state index >= 15 is 0 Å². The summed E-state index contributed by atoms with van der Waals surface area (Å²) in [6, 6.07) is 8.01. The molecular weight excluding hydrogens is 408 g/mol. The second-order valence-corrected chi connectivity index (χ2v) is 8.58. The maximum atomic E-state index is 12.5. The number of anilines is 1. The predicted molar refractivity (Wildman–Crippen MR) is 123 cm³/mol. The summed E-state index contributed by atoms with van der Waals surface area (Å²) in [5, 5.41) is 17.9. The molecule has 1 fully saturated rings. The van der Waals surface area contributed by atoms with E-state index in [-0.39, 0.29) is 6.03 Å². The number of nitrogens with one attached hydrogen (secondary N) is 1. The summed E-state index contributed by atoms with van der Waals surface area (Å²) >= 11 is 0. The van der Waals surface area contributed by atoms with Gasteiger partial charge in [0, 0.05) is 71.0 Å². The van der Waals surface area contributed by atoms with Crippen LogP contribution in [-0.2, 0) is 20.0 Å². The number of carbonyl (C=O) groups excluding carboxylic acids is 1. The summed E-state index contributed by atoms with van der Waals surface area (Å²) in [5.74, 6) is 0.894. The number of ether oxygens (including phenoxy) is 1. The number of β-amino-alcohol motifs (C(OH)–C–C–N with tert-alkyl or cyclic N) is 1. The van der Waals surface area contributed by atoms with E-state index in [0.717, 1.165) is 55.3 Å². The number of hydrogen-bond acceptors (Lipinski definition) is 6. The largest absolute Gasteiger partial charge is 0.495 e. The summed E-state index contributed by atoms with van der Waals surface area (Å²) in [4.78, 5) is 18.9. The molecule has 2 aromatic rings. The first-order valence-electron chi connectivity index (χ1n) is 11.4. The third-order valence-electron chi connectivity index (χ3n) is 6.28. The summed E-state index contributed by atoms with van der Waals surface area (Å²) in [6.07, 6.45) is 2.85. The number of aromatic nitrogens is 2. The van der Waals surface area contributed by atoms with Crippen LogP contribution in [-0.4, -0.2) is 89.7 Å². The first kappa shape index (κ1) is 22.4. The van der Waals surface area contributed by atoms with Crippen molar-refractivity contribution in [2.75, 3.05) is 57.8 Å². The van der Waals surface area contributed by atoms with Gasteiger partial charge in [-0.2, -0.15) is 5.10 Å². The normalized spacial score (nSPS) is 17.7. The maximum Gasteiger partial charge on any atom is 0.317 e. The van der Waals surface area contributed by atoms with Gasteiger partial charge in [-0.1, -0.05) is 12.1 Å². The summed E-state index contributed by atoms with van der Waals surface area (Å²) in [7, 11) is 3.61. The number of aliphatic hydroxyl groups is 1. The molecule has 9 heteroatoms. The highest BCUT2D eigenvalue weighted by Crippen LogP contribution is 2.28. The van der Waals surface area contributed by atoms with Crippen molar-refractivity contribution in [1.29, 1.82) is 0 Å². The van der Waals surface area contributed by atoms with E-state index in [1.54, 1.807) is 11.8 Å². The quantitative estimate of drug-likeness (QED) is 0.667.